The number of carbonyl (C=O) groups excluding carboxylic acids is 1. The number of benzene rings is 1. The van der Waals surface area contributed by atoms with Crippen molar-refractivity contribution in [2.45, 2.75) is 39.2 Å². The Balaban J connectivity index is 2.11. The molecule has 2 aromatic rings. The lowest BCUT2D eigenvalue weighted by molar-refractivity contribution is -0.143. The highest BCUT2D eigenvalue weighted by molar-refractivity contribution is 5.90. The lowest BCUT2D eigenvalue weighted by Crippen LogP contribution is -2.41. The van der Waals surface area contributed by atoms with E-state index in [0.717, 1.165) is 11.1 Å². The number of aromatic nitrogens is 1. The Morgan fingerprint density at radius 3 is 2.58 bits per heavy atom. The lowest BCUT2D eigenvalue weighted by Gasteiger charge is -2.12. The first kappa shape index (κ1) is 17.5. The van der Waals surface area contributed by atoms with E-state index in [4.69, 9.17) is 14.7 Å². The van der Waals surface area contributed by atoms with Crippen LogP contribution in [0.2, 0.25) is 0 Å². The van der Waals surface area contributed by atoms with Crippen LogP contribution in [-0.4, -0.2) is 39.3 Å². The SMILES string of the molecule is Cc1cc(C)c2onc(CC(=O)N[C@@H](CCC(=O)O)C(=O)O)c2c1. The summed E-state index contributed by atoms with van der Waals surface area (Å²) in [6, 6.07) is 2.53. The number of aliphatic carboxylic acids is 2. The molecule has 0 aliphatic rings. The molecule has 1 aromatic heterocycles. The van der Waals surface area contributed by atoms with Gasteiger partial charge in [0, 0.05) is 11.8 Å². The Hall–Kier alpha value is -2.90. The van der Waals surface area contributed by atoms with E-state index in [1.54, 1.807) is 0 Å². The standard InChI is InChI=1S/C16H18N2O6/c1-8-5-9(2)15-10(6-8)12(18-24-15)7-13(19)17-11(16(22)23)3-4-14(20)21/h5-6,11H,3-4,7H2,1-2H3,(H,17,19)(H,20,21)(H,22,23)/t11-/m0/s1. The summed E-state index contributed by atoms with van der Waals surface area (Å²) in [5.41, 5.74) is 2.89. The predicted octanol–water partition coefficient (Wildman–Crippen LogP) is 1.42. The van der Waals surface area contributed by atoms with Gasteiger partial charge in [0.1, 0.15) is 11.7 Å². The maximum Gasteiger partial charge on any atom is 0.326 e. The number of carboxylic acid groups (broad SMARTS) is 2. The molecule has 24 heavy (non-hydrogen) atoms. The number of aryl methyl sites for hydroxylation is 2. The molecule has 0 spiro atoms. The highest BCUT2D eigenvalue weighted by Gasteiger charge is 2.22. The van der Waals surface area contributed by atoms with Crippen LogP contribution in [0.1, 0.15) is 29.7 Å². The first-order chi connectivity index (χ1) is 11.3. The molecule has 1 heterocycles. The minimum Gasteiger partial charge on any atom is -0.481 e. The van der Waals surface area contributed by atoms with Crippen LogP contribution in [0.3, 0.4) is 0 Å². The van der Waals surface area contributed by atoms with E-state index in [9.17, 15) is 14.4 Å². The Labute approximate surface area is 137 Å². The molecule has 0 radical (unpaired) electrons. The van der Waals surface area contributed by atoms with E-state index >= 15 is 0 Å². The molecule has 8 nitrogen and oxygen atoms in total. The summed E-state index contributed by atoms with van der Waals surface area (Å²) in [5, 5.41) is 24.6. The molecule has 0 saturated carbocycles. The van der Waals surface area contributed by atoms with Gasteiger partial charge in [-0.1, -0.05) is 11.2 Å². The smallest absolute Gasteiger partial charge is 0.326 e. The average Bonchev–Trinajstić information content (AvgIpc) is 2.86. The molecule has 8 heteroatoms. The van der Waals surface area contributed by atoms with Crippen molar-refractivity contribution in [2.75, 3.05) is 0 Å². The van der Waals surface area contributed by atoms with Crippen LogP contribution in [0.5, 0.6) is 0 Å². The van der Waals surface area contributed by atoms with Crippen LogP contribution in [0.15, 0.2) is 16.7 Å². The third-order valence-corrected chi connectivity index (χ3v) is 3.59. The van der Waals surface area contributed by atoms with Gasteiger partial charge in [0.2, 0.25) is 5.91 Å². The molecule has 0 bridgehead atoms. The van der Waals surface area contributed by atoms with Crippen molar-refractivity contribution in [1.29, 1.82) is 0 Å². The summed E-state index contributed by atoms with van der Waals surface area (Å²) in [5.74, 6) is -2.95. The van der Waals surface area contributed by atoms with Gasteiger partial charge >= 0.3 is 11.9 Å². The van der Waals surface area contributed by atoms with Crippen LogP contribution >= 0.6 is 0 Å². The molecule has 0 saturated heterocycles. The van der Waals surface area contributed by atoms with Crippen molar-refractivity contribution in [3.63, 3.8) is 0 Å². The van der Waals surface area contributed by atoms with Gasteiger partial charge in [-0.05, 0) is 37.5 Å². The molecular weight excluding hydrogens is 316 g/mol. The summed E-state index contributed by atoms with van der Waals surface area (Å²) in [6.45, 7) is 3.78. The summed E-state index contributed by atoms with van der Waals surface area (Å²) in [6.07, 6.45) is -0.677. The van der Waals surface area contributed by atoms with Gasteiger partial charge in [0.15, 0.2) is 5.58 Å². The van der Waals surface area contributed by atoms with Gasteiger partial charge in [0.25, 0.3) is 0 Å². The fourth-order valence-corrected chi connectivity index (χ4v) is 2.49. The molecule has 3 N–H and O–H groups in total. The molecule has 1 aromatic carbocycles. The molecule has 0 fully saturated rings. The highest BCUT2D eigenvalue weighted by Crippen LogP contribution is 2.24. The summed E-state index contributed by atoms with van der Waals surface area (Å²) in [4.78, 5) is 33.7. The van der Waals surface area contributed by atoms with Crippen LogP contribution in [0, 0.1) is 13.8 Å². The summed E-state index contributed by atoms with van der Waals surface area (Å²) < 4.78 is 5.24. The van der Waals surface area contributed by atoms with Crippen molar-refractivity contribution in [3.8, 4) is 0 Å². The predicted molar refractivity (Wildman–Crippen MR) is 83.6 cm³/mol. The first-order valence-corrected chi connectivity index (χ1v) is 7.37. The van der Waals surface area contributed by atoms with Crippen LogP contribution < -0.4 is 5.32 Å². The van der Waals surface area contributed by atoms with Crippen molar-refractivity contribution in [1.82, 2.24) is 10.5 Å². The maximum absolute atomic E-state index is 12.1. The number of nitrogens with zero attached hydrogens (tertiary/aromatic N) is 1. The second-order valence-electron chi connectivity index (χ2n) is 5.66. The molecule has 2 rings (SSSR count). The number of carbonyl (C=O) groups is 3. The number of rotatable bonds is 7. The number of hydrogen-bond donors (Lipinski definition) is 3. The van der Waals surface area contributed by atoms with Gasteiger partial charge in [-0.3, -0.25) is 9.59 Å². The normalized spacial score (nSPS) is 12.1. The van der Waals surface area contributed by atoms with E-state index in [0.29, 0.717) is 16.7 Å². The monoisotopic (exact) mass is 334 g/mol. The highest BCUT2D eigenvalue weighted by atomic mass is 16.5. The van der Waals surface area contributed by atoms with Crippen molar-refractivity contribution < 1.29 is 29.1 Å². The topological polar surface area (TPSA) is 130 Å². The Kier molecular flexibility index (Phi) is 5.18. The molecule has 1 atom stereocenters. The zero-order valence-electron chi connectivity index (χ0n) is 13.3. The van der Waals surface area contributed by atoms with Crippen LogP contribution in [-0.2, 0) is 20.8 Å². The molecular formula is C16H18N2O6. The number of nitrogens with one attached hydrogen (secondary N) is 1. The third-order valence-electron chi connectivity index (χ3n) is 3.59. The molecule has 1 amide bonds. The Morgan fingerprint density at radius 2 is 1.96 bits per heavy atom. The molecule has 128 valence electrons. The number of hydrogen-bond acceptors (Lipinski definition) is 5. The minimum absolute atomic E-state index is 0.146. The Bertz CT molecular complexity index is 795. The fraction of sp³-hybridized carbons (Fsp3) is 0.375. The van der Waals surface area contributed by atoms with Gasteiger partial charge in [-0.15, -0.1) is 0 Å². The quantitative estimate of drug-likeness (QED) is 0.698. The van der Waals surface area contributed by atoms with Gasteiger partial charge in [-0.2, -0.15) is 0 Å². The second kappa shape index (κ2) is 7.12. The van der Waals surface area contributed by atoms with Crippen LogP contribution in [0.4, 0.5) is 0 Å². The van der Waals surface area contributed by atoms with Crippen molar-refractivity contribution >= 4 is 28.8 Å². The minimum atomic E-state index is -1.28. The average molecular weight is 334 g/mol. The van der Waals surface area contributed by atoms with E-state index < -0.39 is 23.9 Å². The third kappa shape index (κ3) is 4.09. The summed E-state index contributed by atoms with van der Waals surface area (Å²) in [7, 11) is 0. The maximum atomic E-state index is 12.1. The fourth-order valence-electron chi connectivity index (χ4n) is 2.49. The number of fused-ring (bicyclic) bond motifs is 1. The van der Waals surface area contributed by atoms with E-state index in [2.05, 4.69) is 10.5 Å². The van der Waals surface area contributed by atoms with Crippen molar-refractivity contribution in [3.05, 3.63) is 29.0 Å². The first-order valence-electron chi connectivity index (χ1n) is 7.37. The zero-order valence-corrected chi connectivity index (χ0v) is 13.3. The zero-order chi connectivity index (χ0) is 17.9. The van der Waals surface area contributed by atoms with Gasteiger partial charge in [0.05, 0.1) is 6.42 Å². The van der Waals surface area contributed by atoms with E-state index in [1.807, 2.05) is 26.0 Å². The second-order valence-corrected chi connectivity index (χ2v) is 5.66. The largest absolute Gasteiger partial charge is 0.481 e. The Morgan fingerprint density at radius 1 is 1.25 bits per heavy atom. The van der Waals surface area contributed by atoms with Gasteiger partial charge in [-0.25, -0.2) is 4.79 Å². The molecule has 0 unspecified atom stereocenters. The number of carboxylic acids is 2. The van der Waals surface area contributed by atoms with E-state index in [-0.39, 0.29) is 19.3 Å². The lowest BCUT2D eigenvalue weighted by atomic mass is 10.1. The number of amides is 1. The molecule has 0 aliphatic carbocycles. The van der Waals surface area contributed by atoms with Gasteiger partial charge < -0.3 is 20.1 Å². The molecule has 0 aliphatic heterocycles. The van der Waals surface area contributed by atoms with Crippen molar-refractivity contribution in [2.24, 2.45) is 0 Å². The van der Waals surface area contributed by atoms with E-state index in [1.165, 1.54) is 0 Å². The van der Waals surface area contributed by atoms with Crippen LogP contribution in [0.25, 0.3) is 11.0 Å². The summed E-state index contributed by atoms with van der Waals surface area (Å²) >= 11 is 0.